The maximum atomic E-state index is 13.0. The fourth-order valence-electron chi connectivity index (χ4n) is 3.26. The molecule has 0 spiro atoms. The van der Waals surface area contributed by atoms with Crippen LogP contribution in [0, 0.1) is 0 Å². The summed E-state index contributed by atoms with van der Waals surface area (Å²) in [5.74, 6) is -0.130. The minimum atomic E-state index is -0.350. The highest BCUT2D eigenvalue weighted by Gasteiger charge is 2.38. The second-order valence-electron chi connectivity index (χ2n) is 6.85. The van der Waals surface area contributed by atoms with Crippen molar-refractivity contribution in [1.29, 1.82) is 0 Å². The molecule has 2 aromatic carbocycles. The summed E-state index contributed by atoms with van der Waals surface area (Å²) in [6.07, 6.45) is 0.673. The summed E-state index contributed by atoms with van der Waals surface area (Å²) in [5, 5.41) is 5.80. The quantitative estimate of drug-likeness (QED) is 0.652. The van der Waals surface area contributed by atoms with Gasteiger partial charge in [0.15, 0.2) is 0 Å². The van der Waals surface area contributed by atoms with E-state index in [0.29, 0.717) is 47.8 Å². The van der Waals surface area contributed by atoms with Crippen molar-refractivity contribution in [2.75, 3.05) is 23.8 Å². The summed E-state index contributed by atoms with van der Waals surface area (Å²) in [6.45, 7) is 6.15. The van der Waals surface area contributed by atoms with Crippen LogP contribution in [0.15, 0.2) is 54.2 Å². The number of ether oxygens (including phenoxy) is 1. The van der Waals surface area contributed by atoms with E-state index in [-0.39, 0.29) is 23.4 Å². The molecule has 7 nitrogen and oxygen atoms in total. The van der Waals surface area contributed by atoms with Crippen LogP contribution < -0.4 is 15.4 Å². The second-order valence-corrected chi connectivity index (χ2v) is 6.85. The molecule has 0 saturated carbocycles. The molecule has 3 amide bonds. The lowest BCUT2D eigenvalue weighted by Crippen LogP contribution is -2.33. The summed E-state index contributed by atoms with van der Waals surface area (Å²) in [4.78, 5) is 38.5. The van der Waals surface area contributed by atoms with Crippen molar-refractivity contribution in [2.24, 2.45) is 0 Å². The Morgan fingerprint density at radius 1 is 0.933 bits per heavy atom. The maximum absolute atomic E-state index is 13.0. The number of hydrogen-bond donors (Lipinski definition) is 2. The number of carbonyl (C=O) groups is 3. The van der Waals surface area contributed by atoms with E-state index < -0.39 is 0 Å². The number of amides is 3. The van der Waals surface area contributed by atoms with Crippen LogP contribution in [0.4, 0.5) is 11.4 Å². The highest BCUT2D eigenvalue weighted by Crippen LogP contribution is 2.31. The minimum Gasteiger partial charge on any atom is -0.494 e. The van der Waals surface area contributed by atoms with Gasteiger partial charge in [-0.3, -0.25) is 19.3 Å². The van der Waals surface area contributed by atoms with E-state index in [1.165, 1.54) is 11.8 Å². The average Bonchev–Trinajstić information content (AvgIpc) is 2.95. The lowest BCUT2D eigenvalue weighted by molar-refractivity contribution is -0.136. The molecule has 156 valence electrons. The second kappa shape index (κ2) is 9.26. The molecule has 1 heterocycles. The van der Waals surface area contributed by atoms with Gasteiger partial charge in [0, 0.05) is 24.8 Å². The van der Waals surface area contributed by atoms with Crippen molar-refractivity contribution < 1.29 is 19.1 Å². The summed E-state index contributed by atoms with van der Waals surface area (Å²) >= 11 is 0. The molecule has 30 heavy (non-hydrogen) atoms. The normalized spacial score (nSPS) is 13.6. The molecular weight excluding hydrogens is 382 g/mol. The van der Waals surface area contributed by atoms with E-state index in [9.17, 15) is 14.4 Å². The van der Waals surface area contributed by atoms with Gasteiger partial charge in [0.05, 0.1) is 12.2 Å². The van der Waals surface area contributed by atoms with Crippen LogP contribution in [-0.4, -0.2) is 35.8 Å². The molecule has 0 saturated heterocycles. The van der Waals surface area contributed by atoms with E-state index in [4.69, 9.17) is 4.74 Å². The zero-order valence-electron chi connectivity index (χ0n) is 17.3. The smallest absolute Gasteiger partial charge is 0.278 e. The van der Waals surface area contributed by atoms with Crippen molar-refractivity contribution in [3.8, 4) is 5.75 Å². The fourth-order valence-corrected chi connectivity index (χ4v) is 3.26. The van der Waals surface area contributed by atoms with Gasteiger partial charge in [-0.25, -0.2) is 0 Å². The van der Waals surface area contributed by atoms with Crippen molar-refractivity contribution in [2.45, 2.75) is 27.2 Å². The van der Waals surface area contributed by atoms with Crippen molar-refractivity contribution >= 4 is 34.7 Å². The summed E-state index contributed by atoms with van der Waals surface area (Å²) in [6, 6.07) is 14.1. The molecule has 0 bridgehead atoms. The summed E-state index contributed by atoms with van der Waals surface area (Å²) < 4.78 is 5.47. The van der Waals surface area contributed by atoms with E-state index in [1.807, 2.05) is 13.8 Å². The van der Waals surface area contributed by atoms with Crippen LogP contribution in [0.5, 0.6) is 5.75 Å². The highest BCUT2D eigenvalue weighted by molar-refractivity contribution is 6.36. The van der Waals surface area contributed by atoms with Gasteiger partial charge in [0.25, 0.3) is 11.8 Å². The first-order chi connectivity index (χ1) is 14.4. The van der Waals surface area contributed by atoms with E-state index >= 15 is 0 Å². The van der Waals surface area contributed by atoms with Gasteiger partial charge in [-0.1, -0.05) is 19.1 Å². The number of benzene rings is 2. The molecule has 1 aliphatic rings. The van der Waals surface area contributed by atoms with E-state index in [2.05, 4.69) is 10.6 Å². The van der Waals surface area contributed by atoms with Gasteiger partial charge in [-0.15, -0.1) is 0 Å². The predicted molar refractivity (Wildman–Crippen MR) is 116 cm³/mol. The molecule has 0 fully saturated rings. The third kappa shape index (κ3) is 4.51. The van der Waals surface area contributed by atoms with Crippen LogP contribution in [0.2, 0.25) is 0 Å². The number of carbonyl (C=O) groups excluding carboxylic acids is 3. The molecular formula is C23H25N3O4. The Balaban J connectivity index is 1.95. The van der Waals surface area contributed by atoms with Crippen LogP contribution in [0.25, 0.3) is 5.57 Å². The van der Waals surface area contributed by atoms with Crippen molar-refractivity contribution in [1.82, 2.24) is 4.90 Å². The number of nitrogens with zero attached hydrogens (tertiary/aromatic N) is 1. The van der Waals surface area contributed by atoms with Gasteiger partial charge in [0.2, 0.25) is 5.91 Å². The maximum Gasteiger partial charge on any atom is 0.278 e. The van der Waals surface area contributed by atoms with E-state index in [0.717, 1.165) is 0 Å². The van der Waals surface area contributed by atoms with E-state index in [1.54, 1.807) is 48.5 Å². The Morgan fingerprint density at radius 3 is 2.13 bits per heavy atom. The fraction of sp³-hybridized carbons (Fsp3) is 0.261. The molecule has 0 radical (unpaired) electrons. The zero-order valence-corrected chi connectivity index (χ0v) is 17.3. The lowest BCUT2D eigenvalue weighted by Gasteiger charge is -2.14. The summed E-state index contributed by atoms with van der Waals surface area (Å²) in [5.41, 5.74) is 2.51. The number of hydrogen-bond acceptors (Lipinski definition) is 5. The van der Waals surface area contributed by atoms with Crippen LogP contribution in [0.3, 0.4) is 0 Å². The van der Waals surface area contributed by atoms with Crippen molar-refractivity contribution in [3.63, 3.8) is 0 Å². The largest absolute Gasteiger partial charge is 0.494 e. The molecule has 3 rings (SSSR count). The predicted octanol–water partition coefficient (Wildman–Crippen LogP) is 3.65. The molecule has 0 unspecified atom stereocenters. The number of imide groups is 1. The first-order valence-electron chi connectivity index (χ1n) is 9.93. The van der Waals surface area contributed by atoms with Crippen LogP contribution >= 0.6 is 0 Å². The highest BCUT2D eigenvalue weighted by atomic mass is 16.5. The van der Waals surface area contributed by atoms with Gasteiger partial charge >= 0.3 is 0 Å². The Hall–Kier alpha value is -3.61. The number of anilines is 2. The number of nitrogens with one attached hydrogen (secondary N) is 2. The molecule has 0 aromatic heterocycles. The third-order valence-electron chi connectivity index (χ3n) is 4.54. The summed E-state index contributed by atoms with van der Waals surface area (Å²) in [7, 11) is 0. The molecule has 7 heteroatoms. The molecule has 1 aliphatic heterocycles. The topological polar surface area (TPSA) is 87.7 Å². The SMILES string of the molecule is CCCN1C(=O)C(Nc2ccc(NC(C)=O)cc2)=C(c2ccc(OCC)cc2)C1=O. The van der Waals surface area contributed by atoms with Crippen LogP contribution in [0.1, 0.15) is 32.8 Å². The Bertz CT molecular complexity index is 979. The third-order valence-corrected chi connectivity index (χ3v) is 4.54. The number of rotatable bonds is 8. The molecule has 2 aromatic rings. The van der Waals surface area contributed by atoms with Crippen molar-refractivity contribution in [3.05, 3.63) is 59.8 Å². The first-order valence-corrected chi connectivity index (χ1v) is 9.93. The standard InChI is InChI=1S/C23H25N3O4/c1-4-14-26-22(28)20(16-6-12-19(13-7-16)30-5-2)21(23(26)29)25-18-10-8-17(9-11-18)24-15(3)27/h6-13,25H,4-5,14H2,1-3H3,(H,24,27). The Morgan fingerprint density at radius 2 is 1.57 bits per heavy atom. The zero-order chi connectivity index (χ0) is 21.7. The average molecular weight is 407 g/mol. The van der Waals surface area contributed by atoms with Gasteiger partial charge in [0.1, 0.15) is 11.4 Å². The van der Waals surface area contributed by atoms with Gasteiger partial charge in [-0.05, 0) is 55.3 Å². The van der Waals surface area contributed by atoms with Crippen LogP contribution in [-0.2, 0) is 14.4 Å². The molecule has 0 aliphatic carbocycles. The Kier molecular flexibility index (Phi) is 6.51. The monoisotopic (exact) mass is 407 g/mol. The Labute approximate surface area is 175 Å². The molecule has 2 N–H and O–H groups in total. The first kappa shape index (κ1) is 21.1. The lowest BCUT2D eigenvalue weighted by atomic mass is 10.0. The molecule has 0 atom stereocenters. The minimum absolute atomic E-state index is 0.164. The van der Waals surface area contributed by atoms with Gasteiger partial charge in [-0.2, -0.15) is 0 Å². The van der Waals surface area contributed by atoms with Gasteiger partial charge < -0.3 is 15.4 Å².